The van der Waals surface area contributed by atoms with Gasteiger partial charge in [-0.05, 0) is 75.4 Å². The molecule has 0 atom stereocenters. The fourth-order valence-electron chi connectivity index (χ4n) is 4.61. The van der Waals surface area contributed by atoms with E-state index in [9.17, 15) is 9.59 Å². The van der Waals surface area contributed by atoms with Crippen molar-refractivity contribution in [2.24, 2.45) is 0 Å². The van der Waals surface area contributed by atoms with Crippen LogP contribution in [0.1, 0.15) is 48.3 Å². The van der Waals surface area contributed by atoms with E-state index in [0.29, 0.717) is 10.5 Å². The third-order valence-electron chi connectivity index (χ3n) is 6.83. The van der Waals surface area contributed by atoms with Crippen LogP contribution >= 0.6 is 23.1 Å². The number of hydrogen-bond donors (Lipinski definition) is 1. The largest absolute Gasteiger partial charge is 0.353 e. The van der Waals surface area contributed by atoms with Crippen LogP contribution in [0.4, 0.5) is 0 Å². The average Bonchev–Trinajstić information content (AvgIpc) is 3.15. The number of carbonyl (C=O) groups is 1. The van der Waals surface area contributed by atoms with Gasteiger partial charge in [-0.15, -0.1) is 11.3 Å². The Bertz CT molecular complexity index is 1260. The first kappa shape index (κ1) is 24.9. The zero-order valence-electron chi connectivity index (χ0n) is 20.7. The Morgan fingerprint density at radius 2 is 1.91 bits per heavy atom. The summed E-state index contributed by atoms with van der Waals surface area (Å²) in [6.07, 6.45) is 2.76. The molecule has 1 aromatic carbocycles. The Balaban J connectivity index is 1.64. The van der Waals surface area contributed by atoms with E-state index in [-0.39, 0.29) is 23.3 Å². The van der Waals surface area contributed by atoms with Crippen molar-refractivity contribution in [1.82, 2.24) is 19.8 Å². The highest BCUT2D eigenvalue weighted by Crippen LogP contribution is 2.31. The Hall–Kier alpha value is -2.16. The van der Waals surface area contributed by atoms with Crippen LogP contribution in [0.3, 0.4) is 0 Å². The number of thiophene rings is 1. The Morgan fingerprint density at radius 3 is 2.56 bits per heavy atom. The van der Waals surface area contributed by atoms with Gasteiger partial charge in [0.2, 0.25) is 5.91 Å². The summed E-state index contributed by atoms with van der Waals surface area (Å²) in [4.78, 5) is 35.7. The van der Waals surface area contributed by atoms with Crippen molar-refractivity contribution in [3.8, 4) is 5.69 Å². The normalized spacial score (nSPS) is 15.2. The predicted octanol–water partition coefficient (Wildman–Crippen LogP) is 4.63. The first-order chi connectivity index (χ1) is 16.3. The van der Waals surface area contributed by atoms with Crippen LogP contribution in [0, 0.1) is 20.8 Å². The smallest absolute Gasteiger partial charge is 0.267 e. The molecule has 8 heteroatoms. The van der Waals surface area contributed by atoms with Crippen molar-refractivity contribution in [3.05, 3.63) is 50.1 Å². The van der Waals surface area contributed by atoms with Gasteiger partial charge in [-0.2, -0.15) is 0 Å². The molecule has 6 nitrogen and oxygen atoms in total. The third-order valence-corrected chi connectivity index (χ3v) is 8.81. The maximum Gasteiger partial charge on any atom is 0.267 e. The van der Waals surface area contributed by atoms with Crippen LogP contribution in [-0.4, -0.2) is 51.8 Å². The summed E-state index contributed by atoms with van der Waals surface area (Å²) in [5, 5.41) is 4.46. The fraction of sp³-hybridized carbons (Fsp3) is 0.500. The topological polar surface area (TPSA) is 67.2 Å². The maximum absolute atomic E-state index is 13.8. The molecule has 0 unspecified atom stereocenters. The second kappa shape index (κ2) is 10.6. The highest BCUT2D eigenvalue weighted by molar-refractivity contribution is 7.99. The molecule has 1 amide bonds. The first-order valence-electron chi connectivity index (χ1n) is 12.1. The Morgan fingerprint density at radius 1 is 1.18 bits per heavy atom. The molecule has 0 bridgehead atoms. The van der Waals surface area contributed by atoms with Gasteiger partial charge in [0.25, 0.3) is 5.56 Å². The molecule has 1 fully saturated rings. The molecule has 1 aliphatic heterocycles. The van der Waals surface area contributed by atoms with Gasteiger partial charge < -0.3 is 10.2 Å². The highest BCUT2D eigenvalue weighted by Gasteiger charge is 2.22. The summed E-state index contributed by atoms with van der Waals surface area (Å²) in [5.74, 6) is 0.236. The summed E-state index contributed by atoms with van der Waals surface area (Å²) in [7, 11) is 0. The molecule has 3 heterocycles. The molecular formula is C26H34N4O2S2. The van der Waals surface area contributed by atoms with Crippen LogP contribution in [0.5, 0.6) is 0 Å². The van der Waals surface area contributed by atoms with Crippen molar-refractivity contribution in [2.45, 2.75) is 65.1 Å². The highest BCUT2D eigenvalue weighted by atomic mass is 32.2. The van der Waals surface area contributed by atoms with Gasteiger partial charge in [0.05, 0.1) is 16.8 Å². The quantitative estimate of drug-likeness (QED) is 0.380. The summed E-state index contributed by atoms with van der Waals surface area (Å²) in [6.45, 7) is 13.5. The molecule has 4 rings (SSSR count). The van der Waals surface area contributed by atoms with Gasteiger partial charge in [-0.3, -0.25) is 14.2 Å². The van der Waals surface area contributed by atoms with Gasteiger partial charge >= 0.3 is 0 Å². The van der Waals surface area contributed by atoms with Crippen molar-refractivity contribution < 1.29 is 4.79 Å². The number of benzene rings is 1. The van der Waals surface area contributed by atoms with Crippen molar-refractivity contribution in [1.29, 1.82) is 0 Å². The lowest BCUT2D eigenvalue weighted by molar-refractivity contribution is -0.119. The van der Waals surface area contributed by atoms with Crippen molar-refractivity contribution >= 4 is 39.2 Å². The number of nitrogens with one attached hydrogen (secondary N) is 1. The van der Waals surface area contributed by atoms with Crippen LogP contribution in [0.15, 0.2) is 28.2 Å². The molecule has 0 saturated carbocycles. The number of thioether (sulfide) groups is 1. The van der Waals surface area contributed by atoms with E-state index in [1.54, 1.807) is 15.9 Å². The molecule has 1 aliphatic rings. The number of likely N-dealkylation sites (tertiary alicyclic amines) is 1. The Labute approximate surface area is 209 Å². The number of rotatable bonds is 7. The fourth-order valence-corrected chi connectivity index (χ4v) is 6.58. The van der Waals surface area contributed by atoms with Crippen molar-refractivity contribution in [3.63, 3.8) is 0 Å². The van der Waals surface area contributed by atoms with E-state index in [2.05, 4.69) is 37.9 Å². The third kappa shape index (κ3) is 5.09. The first-order valence-corrected chi connectivity index (χ1v) is 13.9. The SMILES string of the molecule is CCc1c(C)sc2nc(SCC(=O)NC3CCN(CC)CC3)n(-c3ccc(C)c(C)c3)c(=O)c12. The second-order valence-electron chi connectivity index (χ2n) is 9.04. The summed E-state index contributed by atoms with van der Waals surface area (Å²) < 4.78 is 1.69. The average molecular weight is 499 g/mol. The van der Waals surface area contributed by atoms with Gasteiger partial charge in [0.1, 0.15) is 4.83 Å². The Kier molecular flexibility index (Phi) is 7.80. The maximum atomic E-state index is 13.8. The van der Waals surface area contributed by atoms with E-state index in [1.807, 2.05) is 25.1 Å². The standard InChI is InChI=1S/C26H34N4O2S2/c1-6-21-18(5)34-24-23(21)25(32)30(20-9-8-16(3)17(4)14-20)26(28-24)33-15-22(31)27-19-10-12-29(7-2)13-11-19/h8-9,14,19H,6-7,10-13,15H2,1-5H3,(H,27,31). The van der Waals surface area contributed by atoms with Gasteiger partial charge in [0.15, 0.2) is 5.16 Å². The lowest BCUT2D eigenvalue weighted by atomic mass is 10.1. The molecule has 0 spiro atoms. The monoisotopic (exact) mass is 498 g/mol. The molecule has 0 aliphatic carbocycles. The van der Waals surface area contributed by atoms with E-state index in [1.165, 1.54) is 17.3 Å². The number of aromatic nitrogens is 2. The molecule has 1 N–H and O–H groups in total. The lowest BCUT2D eigenvalue weighted by Gasteiger charge is -2.31. The van der Waals surface area contributed by atoms with Crippen LogP contribution in [0.2, 0.25) is 0 Å². The number of carbonyl (C=O) groups excluding carboxylic acids is 1. The van der Waals surface area contributed by atoms with Crippen LogP contribution in [-0.2, 0) is 11.2 Å². The van der Waals surface area contributed by atoms with E-state index >= 15 is 0 Å². The minimum absolute atomic E-state index is 0.00228. The molecule has 34 heavy (non-hydrogen) atoms. The number of amides is 1. The number of fused-ring (bicyclic) bond motifs is 1. The van der Waals surface area contributed by atoms with E-state index in [0.717, 1.165) is 65.4 Å². The van der Waals surface area contributed by atoms with Crippen LogP contribution < -0.4 is 10.9 Å². The molecule has 3 aromatic rings. The lowest BCUT2D eigenvalue weighted by Crippen LogP contribution is -2.45. The zero-order valence-corrected chi connectivity index (χ0v) is 22.4. The van der Waals surface area contributed by atoms with Gasteiger partial charge in [-0.1, -0.05) is 31.7 Å². The number of aryl methyl sites for hydroxylation is 4. The molecule has 2 aromatic heterocycles. The van der Waals surface area contributed by atoms with Crippen molar-refractivity contribution in [2.75, 3.05) is 25.4 Å². The summed E-state index contributed by atoms with van der Waals surface area (Å²) >= 11 is 2.90. The number of piperidine rings is 1. The number of nitrogens with zero attached hydrogens (tertiary/aromatic N) is 3. The zero-order chi connectivity index (χ0) is 24.4. The summed E-state index contributed by atoms with van der Waals surface area (Å²) in [6, 6.07) is 6.25. The minimum Gasteiger partial charge on any atom is -0.353 e. The number of hydrogen-bond acceptors (Lipinski definition) is 6. The van der Waals surface area contributed by atoms with E-state index < -0.39 is 0 Å². The molecule has 0 radical (unpaired) electrons. The second-order valence-corrected chi connectivity index (χ2v) is 11.2. The minimum atomic E-state index is -0.0516. The summed E-state index contributed by atoms with van der Waals surface area (Å²) in [5.41, 5.74) is 4.11. The van der Waals surface area contributed by atoms with E-state index in [4.69, 9.17) is 4.98 Å². The van der Waals surface area contributed by atoms with Gasteiger partial charge in [-0.25, -0.2) is 4.98 Å². The molecular weight excluding hydrogens is 464 g/mol. The van der Waals surface area contributed by atoms with Crippen LogP contribution in [0.25, 0.3) is 15.9 Å². The van der Waals surface area contributed by atoms with Gasteiger partial charge in [0, 0.05) is 24.0 Å². The predicted molar refractivity (Wildman–Crippen MR) is 143 cm³/mol. The molecule has 182 valence electrons. The molecule has 1 saturated heterocycles.